The molecule has 9 heteroatoms. The molecular weight excluding hydrogens is 362 g/mol. The molecule has 2 aromatic heterocycles. The third-order valence-corrected chi connectivity index (χ3v) is 5.13. The number of para-hydroxylation sites is 1. The zero-order chi connectivity index (χ0) is 19.7. The van der Waals surface area contributed by atoms with Crippen molar-refractivity contribution >= 4 is 5.91 Å². The number of aliphatic hydroxyl groups is 1. The van der Waals surface area contributed by atoms with Crippen LogP contribution in [-0.4, -0.2) is 48.9 Å². The maximum absolute atomic E-state index is 12.9. The molecular formula is C19H21N5O4. The maximum atomic E-state index is 12.9. The van der Waals surface area contributed by atoms with Gasteiger partial charge in [0.2, 0.25) is 0 Å². The number of aryl methyl sites for hydroxylation is 1. The van der Waals surface area contributed by atoms with Gasteiger partial charge in [-0.05, 0) is 31.9 Å². The Hall–Kier alpha value is -3.20. The predicted molar refractivity (Wildman–Crippen MR) is 99.2 cm³/mol. The highest BCUT2D eigenvalue weighted by atomic mass is 16.5. The number of amides is 1. The molecule has 0 bridgehead atoms. The Bertz CT molecular complexity index is 1040. The van der Waals surface area contributed by atoms with Crippen molar-refractivity contribution in [1.29, 1.82) is 0 Å². The van der Waals surface area contributed by atoms with Crippen LogP contribution in [0.25, 0.3) is 5.69 Å². The van der Waals surface area contributed by atoms with E-state index in [1.807, 2.05) is 30.3 Å². The van der Waals surface area contributed by atoms with E-state index in [1.165, 1.54) is 0 Å². The summed E-state index contributed by atoms with van der Waals surface area (Å²) < 4.78 is 6.62. The molecule has 1 saturated heterocycles. The zero-order valence-electron chi connectivity index (χ0n) is 15.5. The molecule has 28 heavy (non-hydrogen) atoms. The minimum Gasteiger partial charge on any atom is -0.391 e. The van der Waals surface area contributed by atoms with Crippen LogP contribution in [0.4, 0.5) is 0 Å². The highest BCUT2D eigenvalue weighted by molar-refractivity contribution is 5.93. The number of aliphatic hydroxyl groups excluding tert-OH is 1. The number of rotatable bonds is 4. The van der Waals surface area contributed by atoms with Crippen LogP contribution in [0.5, 0.6) is 0 Å². The first-order chi connectivity index (χ1) is 13.6. The lowest BCUT2D eigenvalue weighted by molar-refractivity contribution is 0.0690. The SMILES string of the molecule is Cc1onc(C(=O)N2CCC[C@@H](c3n[nH]c(=O)n3-c3ccccc3)C2)c1CO. The average Bonchev–Trinajstić information content (AvgIpc) is 3.30. The lowest BCUT2D eigenvalue weighted by Crippen LogP contribution is -2.40. The van der Waals surface area contributed by atoms with Crippen molar-refractivity contribution in [3.63, 3.8) is 0 Å². The van der Waals surface area contributed by atoms with Crippen LogP contribution in [0, 0.1) is 6.92 Å². The van der Waals surface area contributed by atoms with E-state index in [-0.39, 0.29) is 29.8 Å². The monoisotopic (exact) mass is 383 g/mol. The van der Waals surface area contributed by atoms with Gasteiger partial charge in [0.05, 0.1) is 17.9 Å². The summed E-state index contributed by atoms with van der Waals surface area (Å²) in [5, 5.41) is 20.1. The van der Waals surface area contributed by atoms with Crippen molar-refractivity contribution < 1.29 is 14.4 Å². The number of benzene rings is 1. The maximum Gasteiger partial charge on any atom is 0.347 e. The number of carbonyl (C=O) groups excluding carboxylic acids is 1. The lowest BCUT2D eigenvalue weighted by atomic mass is 9.96. The molecule has 2 N–H and O–H groups in total. The van der Waals surface area contributed by atoms with E-state index < -0.39 is 0 Å². The summed E-state index contributed by atoms with van der Waals surface area (Å²) in [5.74, 6) is 0.661. The number of piperidine rings is 1. The number of aromatic nitrogens is 4. The van der Waals surface area contributed by atoms with Gasteiger partial charge in [0, 0.05) is 19.0 Å². The number of nitrogens with one attached hydrogen (secondary N) is 1. The average molecular weight is 383 g/mol. The van der Waals surface area contributed by atoms with Gasteiger partial charge >= 0.3 is 5.69 Å². The number of aromatic amines is 1. The van der Waals surface area contributed by atoms with Gasteiger partial charge in [-0.2, -0.15) is 5.10 Å². The van der Waals surface area contributed by atoms with Gasteiger partial charge in [-0.3, -0.25) is 4.79 Å². The van der Waals surface area contributed by atoms with E-state index in [0.29, 0.717) is 30.2 Å². The van der Waals surface area contributed by atoms with Crippen molar-refractivity contribution in [2.75, 3.05) is 13.1 Å². The largest absolute Gasteiger partial charge is 0.391 e. The molecule has 1 fully saturated rings. The number of carbonyl (C=O) groups is 1. The quantitative estimate of drug-likeness (QED) is 0.703. The number of hydrogen-bond acceptors (Lipinski definition) is 6. The second kappa shape index (κ2) is 7.43. The minimum atomic E-state index is -0.306. The standard InChI is InChI=1S/C19H21N5O4/c1-12-15(11-25)16(22-28-12)18(26)23-9-5-6-13(10-23)17-20-21-19(27)24(17)14-7-3-2-4-8-14/h2-4,7-8,13,25H,5-6,9-11H2,1H3,(H,21,27)/t13-/m1/s1. The fourth-order valence-electron chi connectivity index (χ4n) is 3.68. The number of hydrogen-bond donors (Lipinski definition) is 2. The molecule has 0 saturated carbocycles. The summed E-state index contributed by atoms with van der Waals surface area (Å²) in [6.45, 7) is 2.34. The van der Waals surface area contributed by atoms with E-state index in [1.54, 1.807) is 16.4 Å². The third-order valence-electron chi connectivity index (χ3n) is 5.13. The summed E-state index contributed by atoms with van der Waals surface area (Å²) >= 11 is 0. The Balaban J connectivity index is 1.62. The molecule has 9 nitrogen and oxygen atoms in total. The van der Waals surface area contributed by atoms with Crippen molar-refractivity contribution in [3.05, 3.63) is 63.7 Å². The third kappa shape index (κ3) is 3.13. The fraction of sp³-hybridized carbons (Fsp3) is 0.368. The molecule has 1 aliphatic rings. The molecule has 0 aliphatic carbocycles. The predicted octanol–water partition coefficient (Wildman–Crippen LogP) is 1.37. The molecule has 0 radical (unpaired) electrons. The van der Waals surface area contributed by atoms with Gasteiger partial charge in [-0.1, -0.05) is 23.4 Å². The molecule has 3 aromatic rings. The van der Waals surface area contributed by atoms with Gasteiger partial charge in [0.1, 0.15) is 11.6 Å². The Morgan fingerprint density at radius 2 is 2.14 bits per heavy atom. The molecule has 1 aliphatic heterocycles. The second-order valence-electron chi connectivity index (χ2n) is 6.87. The van der Waals surface area contributed by atoms with Gasteiger partial charge < -0.3 is 14.5 Å². The van der Waals surface area contributed by atoms with Crippen LogP contribution in [0.2, 0.25) is 0 Å². The first-order valence-electron chi connectivity index (χ1n) is 9.18. The molecule has 4 rings (SSSR count). The van der Waals surface area contributed by atoms with Crippen LogP contribution < -0.4 is 5.69 Å². The molecule has 0 spiro atoms. The van der Waals surface area contributed by atoms with E-state index in [0.717, 1.165) is 18.5 Å². The van der Waals surface area contributed by atoms with E-state index in [9.17, 15) is 14.7 Å². The highest BCUT2D eigenvalue weighted by Crippen LogP contribution is 2.28. The first kappa shape index (κ1) is 18.2. The summed E-state index contributed by atoms with van der Waals surface area (Å²) in [4.78, 5) is 26.9. The van der Waals surface area contributed by atoms with Gasteiger partial charge in [0.15, 0.2) is 5.69 Å². The van der Waals surface area contributed by atoms with E-state index in [2.05, 4.69) is 15.4 Å². The van der Waals surface area contributed by atoms with Crippen LogP contribution in [0.15, 0.2) is 39.6 Å². The zero-order valence-corrected chi connectivity index (χ0v) is 15.5. The highest BCUT2D eigenvalue weighted by Gasteiger charge is 2.32. The Labute approximate surface area is 160 Å². The first-order valence-corrected chi connectivity index (χ1v) is 9.18. The van der Waals surface area contributed by atoms with E-state index in [4.69, 9.17) is 4.52 Å². The minimum absolute atomic E-state index is 0.0950. The van der Waals surface area contributed by atoms with Crippen molar-refractivity contribution in [3.8, 4) is 5.69 Å². The Morgan fingerprint density at radius 1 is 1.36 bits per heavy atom. The molecule has 1 aromatic carbocycles. The second-order valence-corrected chi connectivity index (χ2v) is 6.87. The molecule has 1 amide bonds. The number of nitrogens with zero attached hydrogens (tertiary/aromatic N) is 4. The van der Waals surface area contributed by atoms with Gasteiger partial charge in [-0.15, -0.1) is 0 Å². The summed E-state index contributed by atoms with van der Waals surface area (Å²) in [5.41, 5.74) is 0.977. The van der Waals surface area contributed by atoms with Crippen LogP contribution in [0.3, 0.4) is 0 Å². The number of likely N-dealkylation sites (tertiary alicyclic amines) is 1. The van der Waals surface area contributed by atoms with Crippen LogP contribution >= 0.6 is 0 Å². The fourth-order valence-corrected chi connectivity index (χ4v) is 3.68. The summed E-state index contributed by atoms with van der Waals surface area (Å²) in [6.07, 6.45) is 1.59. The molecule has 3 heterocycles. The van der Waals surface area contributed by atoms with Crippen molar-refractivity contribution in [2.24, 2.45) is 0 Å². The smallest absolute Gasteiger partial charge is 0.347 e. The topological polar surface area (TPSA) is 117 Å². The van der Waals surface area contributed by atoms with Gasteiger partial charge in [-0.25, -0.2) is 14.5 Å². The molecule has 0 unspecified atom stereocenters. The lowest BCUT2D eigenvalue weighted by Gasteiger charge is -2.32. The van der Waals surface area contributed by atoms with Crippen molar-refractivity contribution in [2.45, 2.75) is 32.3 Å². The molecule has 146 valence electrons. The number of H-pyrrole nitrogens is 1. The summed E-state index contributed by atoms with van der Waals surface area (Å²) in [6, 6.07) is 9.29. The molecule has 1 atom stereocenters. The normalized spacial score (nSPS) is 17.1. The van der Waals surface area contributed by atoms with Crippen molar-refractivity contribution in [1.82, 2.24) is 24.8 Å². The summed E-state index contributed by atoms with van der Waals surface area (Å²) in [7, 11) is 0. The van der Waals surface area contributed by atoms with Crippen LogP contribution in [0.1, 0.15) is 46.4 Å². The Kier molecular flexibility index (Phi) is 4.82. The van der Waals surface area contributed by atoms with Gasteiger partial charge in [0.25, 0.3) is 5.91 Å². The van der Waals surface area contributed by atoms with E-state index >= 15 is 0 Å². The van der Waals surface area contributed by atoms with Crippen LogP contribution in [-0.2, 0) is 6.61 Å². The Morgan fingerprint density at radius 3 is 2.89 bits per heavy atom.